The fourth-order valence-electron chi connectivity index (χ4n) is 15.6. The second kappa shape index (κ2) is 43.9. The Labute approximate surface area is 863 Å². The third-order valence-corrected chi connectivity index (χ3v) is 29.4. The van der Waals surface area contributed by atoms with Crippen LogP contribution in [0, 0.1) is 34.6 Å². The van der Waals surface area contributed by atoms with Gasteiger partial charge in [0.2, 0.25) is 16.3 Å². The number of aliphatic hydroxyl groups is 5. The van der Waals surface area contributed by atoms with Crippen molar-refractivity contribution in [3.63, 3.8) is 0 Å². The van der Waals surface area contributed by atoms with Gasteiger partial charge in [-0.25, -0.2) is 77.6 Å². The standard InChI is InChI=1S/C19H18Br2N2O5.C19H18BrN5O.C17H17Br2N3O.C15H14BrN3O3S.C15H13BrN2O2.C14H11BrN2O2/c1-2-12-15(24)16(25)17(26)19(27-12)28-18-9(21)7-8(20)13-14(18)23-11-6-4-3-5-10(11)22-13;1-3-4-13-10-25(24-23-13)9-12-5-6-15-16(8-12)22-17-14(20)7-11(2)19(26)18(17)21-15;1-4-22(5-2)12-7-6-11-15(13(12)19)21-14-10(18)8-9(3)17(23)16(14)20-11;1-8-5-10(16)13-14(15(8)20)18-11-4-3-9(6-12(11)19-13)7-23(21,22)17-2;1-8-6-10(16)13-14(15(8)20)17-11-3-2-9(4-5-19)7-12(11)18-13;1-7-4-9(15)12-13(14(7)19)16-10-3-2-8(6-18)5-11(10)17-12/h3-7,12,15-17,19,24-26H,2H2,1H3;5-8,10,26H,3-4,9H2,1-2H3;6-8,23H,4-5H2,1-3H3;3-6,17,20H,7H2,1-2H3;2-3,6-7,19-20H,4-5H2,1H3;2-5,18-19H,6H2,1H3/t12-,15-,16+,17-,19+;;;;;/m1...../s1. The van der Waals surface area contributed by atoms with Crippen molar-refractivity contribution in [2.75, 3.05) is 31.6 Å². The third kappa shape index (κ3) is 22.2. The second-order valence-corrected chi connectivity index (χ2v) is 41.5. The van der Waals surface area contributed by atoms with Crippen LogP contribution < -0.4 is 14.4 Å². The summed E-state index contributed by atoms with van der Waals surface area (Å²) in [4.78, 5) is 57.2. The number of benzene rings is 12. The molecule has 0 aliphatic carbocycles. The number of fused-ring (bicyclic) bond motifs is 12. The summed E-state index contributed by atoms with van der Waals surface area (Å²) in [6, 6.07) is 44.5. The molecule has 5 atom stereocenters. The number of halogens is 8. The Kier molecular flexibility index (Phi) is 32.5. The van der Waals surface area contributed by atoms with Crippen LogP contribution in [-0.2, 0) is 46.5 Å². The van der Waals surface area contributed by atoms with Crippen LogP contribution in [0.25, 0.3) is 132 Å². The first-order chi connectivity index (χ1) is 66.4. The topological polar surface area (TPSA) is 456 Å². The maximum atomic E-state index is 11.7. The largest absolute Gasteiger partial charge is 0.505 e. The predicted molar refractivity (Wildman–Crippen MR) is 569 cm³/mol. The van der Waals surface area contributed by atoms with Crippen LogP contribution in [-0.4, -0.2) is 192 Å². The number of hydrogen-bond acceptors (Lipinski definition) is 29. The highest BCUT2D eigenvalue weighted by atomic mass is 79.9. The van der Waals surface area contributed by atoms with Crippen molar-refractivity contribution in [2.24, 2.45) is 0 Å². The van der Waals surface area contributed by atoms with E-state index in [1.807, 2.05) is 143 Å². The van der Waals surface area contributed by atoms with Gasteiger partial charge in [-0.1, -0.05) is 61.9 Å². The molecule has 11 N–H and O–H groups in total. The summed E-state index contributed by atoms with van der Waals surface area (Å²) in [5.41, 5.74) is 24.5. The molecule has 1 fully saturated rings. The van der Waals surface area contributed by atoms with Crippen molar-refractivity contribution >= 4 is 276 Å². The number of aryl methyl sites for hydroxylation is 6. The van der Waals surface area contributed by atoms with Gasteiger partial charge >= 0.3 is 0 Å². The molecule has 718 valence electrons. The summed E-state index contributed by atoms with van der Waals surface area (Å²) in [6.45, 7) is 19.9. The highest BCUT2D eigenvalue weighted by molar-refractivity contribution is 9.12. The molecule has 0 amide bonds. The number of aromatic nitrogens is 15. The Bertz CT molecular complexity index is 8150. The lowest BCUT2D eigenvalue weighted by Gasteiger charge is -2.40. The quantitative estimate of drug-likeness (QED) is 0.0400. The Morgan fingerprint density at radius 3 is 1.22 bits per heavy atom. The molecule has 1 aliphatic rings. The molecule has 1 saturated heterocycles. The van der Waals surface area contributed by atoms with E-state index in [4.69, 9.17) is 29.7 Å². The van der Waals surface area contributed by atoms with Crippen LogP contribution in [0.5, 0.6) is 34.5 Å². The molecule has 0 spiro atoms. The number of nitrogens with one attached hydrogen (secondary N) is 1. The molecule has 0 saturated carbocycles. The molecule has 0 radical (unpaired) electrons. The minimum absolute atomic E-state index is 0.0318. The van der Waals surface area contributed by atoms with E-state index in [-0.39, 0.29) is 47.7 Å². The van der Waals surface area contributed by atoms with E-state index in [2.05, 4.69) is 218 Å². The van der Waals surface area contributed by atoms with Gasteiger partial charge in [0.05, 0.1) is 106 Å². The minimum Gasteiger partial charge on any atom is -0.505 e. The van der Waals surface area contributed by atoms with Gasteiger partial charge in [0.15, 0.2) is 5.75 Å². The average molecular weight is 2410 g/mol. The second-order valence-electron chi connectivity index (χ2n) is 32.8. The molecule has 0 bridgehead atoms. The maximum Gasteiger partial charge on any atom is 0.229 e. The molecule has 1 aliphatic heterocycles. The van der Waals surface area contributed by atoms with E-state index in [0.29, 0.717) is 135 Å². The van der Waals surface area contributed by atoms with Crippen LogP contribution in [0.2, 0.25) is 0 Å². The van der Waals surface area contributed by atoms with Crippen LogP contribution >= 0.6 is 127 Å². The van der Waals surface area contributed by atoms with E-state index in [1.165, 1.54) is 7.05 Å². The summed E-state index contributed by atoms with van der Waals surface area (Å²) in [5, 5.41) is 108. The van der Waals surface area contributed by atoms with Crippen molar-refractivity contribution < 1.29 is 69.0 Å². The first-order valence-electron chi connectivity index (χ1n) is 43.7. The smallest absolute Gasteiger partial charge is 0.229 e. The molecule has 20 rings (SSSR count). The molecular formula is C99H91Br8N17O14S. The van der Waals surface area contributed by atoms with Gasteiger partial charge in [0.25, 0.3) is 0 Å². The molecule has 31 nitrogen and oxygen atoms in total. The number of aromatic hydroxyl groups is 5. The first kappa shape index (κ1) is 103. The maximum absolute atomic E-state index is 11.7. The lowest BCUT2D eigenvalue weighted by molar-refractivity contribution is -0.272. The first-order valence-corrected chi connectivity index (χ1v) is 51.7. The molecular weight excluding hydrogens is 2320 g/mol. The van der Waals surface area contributed by atoms with Crippen molar-refractivity contribution in [2.45, 2.75) is 138 Å². The fourth-order valence-corrected chi connectivity index (χ4v) is 21.5. The summed E-state index contributed by atoms with van der Waals surface area (Å²) < 4.78 is 45.3. The number of aliphatic hydroxyl groups excluding tert-OH is 5. The zero-order chi connectivity index (χ0) is 99.6. The SMILES string of the molecule is CCCc1cn(Cc2ccc3nc4c(O)c(C)cc(Br)c4nc3c2)nn1.CCN(CC)c1ccc2nc3c(O)c(C)cc(Br)c3nc2c1Br.CC[C@H]1O[C@@H](Oc2c(Br)cc(Br)c3nc4ccccc4nc23)[C@H](O)[C@@H](O)[C@@H]1O.CNS(=O)(=O)Cc1ccc2nc3c(O)c(C)cc(Br)c3nc2c1.Cc1cc(Br)c2nc3cc(CCO)ccc3nc2c1O.Cc1cc(Br)c2nc3cc(CO)ccc3nc2c1O. The third-order valence-electron chi connectivity index (χ3n) is 23.1. The number of ether oxygens (including phenoxy) is 2. The Hall–Kier alpha value is -10.5. The van der Waals surface area contributed by atoms with Crippen molar-refractivity contribution in [1.82, 2.24) is 79.5 Å². The Morgan fingerprint density at radius 1 is 0.410 bits per heavy atom. The summed E-state index contributed by atoms with van der Waals surface area (Å²) in [7, 11) is -1.97. The van der Waals surface area contributed by atoms with Gasteiger partial charge in [-0.2, -0.15) is 0 Å². The summed E-state index contributed by atoms with van der Waals surface area (Å²) >= 11 is 28.0. The monoisotopic (exact) mass is 2410 g/mol. The van der Waals surface area contributed by atoms with Crippen LogP contribution in [0.15, 0.2) is 188 Å². The Balaban J connectivity index is 0.000000127. The Morgan fingerprint density at radius 2 is 0.784 bits per heavy atom. The van der Waals surface area contributed by atoms with Gasteiger partial charge in [-0.15, -0.1) is 5.10 Å². The molecule has 7 aromatic heterocycles. The van der Waals surface area contributed by atoms with Crippen LogP contribution in [0.3, 0.4) is 0 Å². The molecule has 19 aromatic rings. The highest BCUT2D eigenvalue weighted by Crippen LogP contribution is 2.44. The van der Waals surface area contributed by atoms with Crippen molar-refractivity contribution in [1.29, 1.82) is 0 Å². The number of sulfonamides is 1. The number of hydrogen-bond donors (Lipinski definition) is 11. The highest BCUT2D eigenvalue weighted by Gasteiger charge is 2.45. The molecule has 0 unspecified atom stereocenters. The molecule has 139 heavy (non-hydrogen) atoms. The fraction of sp³-hybridized carbons (Fsp3) is 0.253. The predicted octanol–water partition coefficient (Wildman–Crippen LogP) is 21.0. The average Bonchev–Trinajstić information content (AvgIpc) is 1.13. The summed E-state index contributed by atoms with van der Waals surface area (Å²) in [6.07, 6.45) is -0.787. The molecule has 8 heterocycles. The van der Waals surface area contributed by atoms with Gasteiger partial charge in [0.1, 0.15) is 119 Å². The van der Waals surface area contributed by atoms with Gasteiger partial charge in [0, 0.05) is 52.7 Å². The number of anilines is 1. The lowest BCUT2D eigenvalue weighted by atomic mass is 9.97. The van der Waals surface area contributed by atoms with Crippen LogP contribution in [0.1, 0.15) is 96.3 Å². The van der Waals surface area contributed by atoms with E-state index < -0.39 is 40.7 Å². The van der Waals surface area contributed by atoms with E-state index >= 15 is 0 Å². The normalized spacial score (nSPS) is 14.9. The number of para-hydroxylation sites is 2. The number of nitrogens with zero attached hydrogens (tertiary/aromatic N) is 16. The number of rotatable bonds is 16. The van der Waals surface area contributed by atoms with E-state index in [0.717, 1.165) is 146 Å². The van der Waals surface area contributed by atoms with E-state index in [1.54, 1.807) is 55.5 Å². The summed E-state index contributed by atoms with van der Waals surface area (Å²) in [5.74, 6) is 0.975. The molecule has 12 aromatic carbocycles. The van der Waals surface area contributed by atoms with Gasteiger partial charge in [-0.3, -0.25) is 0 Å². The van der Waals surface area contributed by atoms with Crippen molar-refractivity contribution in [3.05, 3.63) is 243 Å². The zero-order valence-electron chi connectivity index (χ0n) is 76.1. The molecule has 40 heteroatoms. The minimum atomic E-state index is -3.35. The van der Waals surface area contributed by atoms with Crippen molar-refractivity contribution in [3.8, 4) is 34.5 Å². The van der Waals surface area contributed by atoms with Gasteiger partial charge < -0.3 is 65.4 Å². The number of phenols is 5. The lowest BCUT2D eigenvalue weighted by Crippen LogP contribution is -2.58. The number of phenolic OH excluding ortho intramolecular Hbond substituents is 5. The van der Waals surface area contributed by atoms with Crippen LogP contribution in [0.4, 0.5) is 5.69 Å². The zero-order valence-corrected chi connectivity index (χ0v) is 89.6. The van der Waals surface area contributed by atoms with Gasteiger partial charge in [-0.05, 0) is 361 Å². The van der Waals surface area contributed by atoms with E-state index in [9.17, 15) is 49.3 Å².